The Balaban J connectivity index is 3.44. The molecule has 0 spiro atoms. The SMILES string of the molecule is CC#CCCC(=O)ONC(C)=O. The van der Waals surface area contributed by atoms with Crippen molar-refractivity contribution >= 4 is 11.9 Å². The number of rotatable bonds is 2. The molecule has 0 rings (SSSR count). The summed E-state index contributed by atoms with van der Waals surface area (Å²) in [5.41, 5.74) is 1.94. The Bertz CT molecular complexity index is 224. The summed E-state index contributed by atoms with van der Waals surface area (Å²) in [6.45, 7) is 2.96. The molecule has 0 aromatic heterocycles. The standard InChI is InChI=1S/C8H11NO3/c1-3-4-5-6-8(11)12-9-7(2)10/h5-6H2,1-2H3,(H,9,10). The molecule has 0 aromatic rings. The Morgan fingerprint density at radius 2 is 2.17 bits per heavy atom. The second-order valence-electron chi connectivity index (χ2n) is 2.06. The van der Waals surface area contributed by atoms with Gasteiger partial charge in [-0.15, -0.1) is 11.8 Å². The van der Waals surface area contributed by atoms with Crippen LogP contribution in [0.15, 0.2) is 0 Å². The van der Waals surface area contributed by atoms with Crippen molar-refractivity contribution < 1.29 is 14.4 Å². The number of carbonyl (C=O) groups is 2. The van der Waals surface area contributed by atoms with Gasteiger partial charge in [0, 0.05) is 13.3 Å². The highest BCUT2D eigenvalue weighted by atomic mass is 16.7. The summed E-state index contributed by atoms with van der Waals surface area (Å²) >= 11 is 0. The zero-order valence-electron chi connectivity index (χ0n) is 7.14. The molecule has 1 N–H and O–H groups in total. The number of hydrogen-bond donors (Lipinski definition) is 1. The van der Waals surface area contributed by atoms with Crippen LogP contribution in [0.1, 0.15) is 26.7 Å². The first-order valence-electron chi connectivity index (χ1n) is 3.52. The lowest BCUT2D eigenvalue weighted by molar-refractivity contribution is -0.157. The van der Waals surface area contributed by atoms with Crippen molar-refractivity contribution in [3.05, 3.63) is 0 Å². The molecule has 0 aliphatic carbocycles. The summed E-state index contributed by atoms with van der Waals surface area (Å²) in [6, 6.07) is 0. The van der Waals surface area contributed by atoms with E-state index < -0.39 is 11.9 Å². The van der Waals surface area contributed by atoms with Gasteiger partial charge < -0.3 is 4.84 Å². The van der Waals surface area contributed by atoms with Crippen LogP contribution in [-0.2, 0) is 14.4 Å². The van der Waals surface area contributed by atoms with E-state index in [0.29, 0.717) is 6.42 Å². The highest BCUT2D eigenvalue weighted by molar-refractivity contribution is 5.75. The second-order valence-corrected chi connectivity index (χ2v) is 2.06. The fourth-order valence-electron chi connectivity index (χ4n) is 0.469. The number of hydroxylamine groups is 1. The normalized spacial score (nSPS) is 7.83. The summed E-state index contributed by atoms with van der Waals surface area (Å²) in [4.78, 5) is 25.3. The molecule has 0 saturated heterocycles. The summed E-state index contributed by atoms with van der Waals surface area (Å²) in [5, 5.41) is 0. The third kappa shape index (κ3) is 6.62. The summed E-state index contributed by atoms with van der Waals surface area (Å²) in [6.07, 6.45) is 0.649. The predicted molar refractivity (Wildman–Crippen MR) is 42.6 cm³/mol. The van der Waals surface area contributed by atoms with Crippen molar-refractivity contribution in [2.24, 2.45) is 0 Å². The predicted octanol–water partition coefficient (Wildman–Crippen LogP) is 0.384. The maximum Gasteiger partial charge on any atom is 0.333 e. The Morgan fingerprint density at radius 3 is 2.67 bits per heavy atom. The summed E-state index contributed by atoms with van der Waals surface area (Å²) < 4.78 is 0. The molecule has 0 bridgehead atoms. The third-order valence-corrected chi connectivity index (χ3v) is 0.939. The van der Waals surface area contributed by atoms with Gasteiger partial charge in [-0.2, -0.15) is 5.48 Å². The van der Waals surface area contributed by atoms with Crippen LogP contribution in [0.4, 0.5) is 0 Å². The van der Waals surface area contributed by atoms with Gasteiger partial charge >= 0.3 is 5.97 Å². The smallest absolute Gasteiger partial charge is 0.333 e. The van der Waals surface area contributed by atoms with Crippen molar-refractivity contribution in [3.8, 4) is 11.8 Å². The quantitative estimate of drug-likeness (QED) is 0.480. The molecule has 1 amide bonds. The maximum atomic E-state index is 10.7. The average Bonchev–Trinajstić information content (AvgIpc) is 2.01. The van der Waals surface area contributed by atoms with Gasteiger partial charge in [0.25, 0.3) is 0 Å². The van der Waals surface area contributed by atoms with Crippen molar-refractivity contribution in [2.75, 3.05) is 0 Å². The fraction of sp³-hybridized carbons (Fsp3) is 0.500. The Hall–Kier alpha value is -1.50. The number of carbonyl (C=O) groups excluding carboxylic acids is 2. The minimum Gasteiger partial charge on any atom is -0.341 e. The molecule has 0 fully saturated rings. The van der Waals surface area contributed by atoms with E-state index >= 15 is 0 Å². The molecule has 0 saturated carbocycles. The van der Waals surface area contributed by atoms with E-state index in [2.05, 4.69) is 16.7 Å². The number of hydrogen-bond acceptors (Lipinski definition) is 3. The largest absolute Gasteiger partial charge is 0.341 e. The Labute approximate surface area is 71.2 Å². The van der Waals surface area contributed by atoms with E-state index in [-0.39, 0.29) is 6.42 Å². The molecule has 4 heteroatoms. The molecule has 0 radical (unpaired) electrons. The lowest BCUT2D eigenvalue weighted by Crippen LogP contribution is -2.24. The van der Waals surface area contributed by atoms with Gasteiger partial charge in [-0.3, -0.25) is 4.79 Å². The molecule has 0 aliphatic heterocycles. The number of nitrogens with one attached hydrogen (secondary N) is 1. The van der Waals surface area contributed by atoms with E-state index in [1.54, 1.807) is 6.92 Å². The molecule has 4 nitrogen and oxygen atoms in total. The Morgan fingerprint density at radius 1 is 1.50 bits per heavy atom. The molecule has 0 unspecified atom stereocenters. The van der Waals surface area contributed by atoms with E-state index in [1.807, 2.05) is 5.48 Å². The third-order valence-electron chi connectivity index (χ3n) is 0.939. The zero-order chi connectivity index (χ0) is 9.40. The first kappa shape index (κ1) is 10.5. The van der Waals surface area contributed by atoms with Crippen LogP contribution < -0.4 is 5.48 Å². The highest BCUT2D eigenvalue weighted by Gasteiger charge is 2.01. The fourth-order valence-corrected chi connectivity index (χ4v) is 0.469. The van der Waals surface area contributed by atoms with Gasteiger partial charge in [0.15, 0.2) is 0 Å². The van der Waals surface area contributed by atoms with Gasteiger partial charge in [-0.1, -0.05) is 0 Å². The first-order chi connectivity index (χ1) is 5.66. The molecule has 12 heavy (non-hydrogen) atoms. The van der Waals surface area contributed by atoms with Crippen LogP contribution >= 0.6 is 0 Å². The first-order valence-corrected chi connectivity index (χ1v) is 3.52. The van der Waals surface area contributed by atoms with Crippen molar-refractivity contribution in [3.63, 3.8) is 0 Å². The van der Waals surface area contributed by atoms with Crippen LogP contribution in [-0.4, -0.2) is 11.9 Å². The molecule has 0 atom stereocenters. The van der Waals surface area contributed by atoms with E-state index in [9.17, 15) is 9.59 Å². The van der Waals surface area contributed by atoms with Gasteiger partial charge in [-0.05, 0) is 6.92 Å². The van der Waals surface area contributed by atoms with Gasteiger partial charge in [0.1, 0.15) is 0 Å². The van der Waals surface area contributed by atoms with Crippen LogP contribution in [0.2, 0.25) is 0 Å². The summed E-state index contributed by atoms with van der Waals surface area (Å²) in [7, 11) is 0. The zero-order valence-corrected chi connectivity index (χ0v) is 7.14. The van der Waals surface area contributed by atoms with Crippen LogP contribution in [0.3, 0.4) is 0 Å². The number of amides is 1. The van der Waals surface area contributed by atoms with Gasteiger partial charge in [0.05, 0.1) is 6.42 Å². The minimum absolute atomic E-state index is 0.196. The minimum atomic E-state index is -0.479. The lowest BCUT2D eigenvalue weighted by atomic mass is 10.3. The van der Waals surface area contributed by atoms with Crippen LogP contribution in [0, 0.1) is 11.8 Å². The molecule has 0 heterocycles. The molecular weight excluding hydrogens is 158 g/mol. The molecular formula is C8H11NO3. The Kier molecular flexibility index (Phi) is 5.45. The van der Waals surface area contributed by atoms with E-state index in [0.717, 1.165) is 0 Å². The molecule has 0 aromatic carbocycles. The molecule has 66 valence electrons. The van der Waals surface area contributed by atoms with Crippen LogP contribution in [0.5, 0.6) is 0 Å². The highest BCUT2D eigenvalue weighted by Crippen LogP contribution is 1.88. The van der Waals surface area contributed by atoms with E-state index in [4.69, 9.17) is 0 Å². The lowest BCUT2D eigenvalue weighted by Gasteiger charge is -2.00. The average molecular weight is 169 g/mol. The van der Waals surface area contributed by atoms with E-state index in [1.165, 1.54) is 6.92 Å². The molecule has 0 aliphatic rings. The van der Waals surface area contributed by atoms with Crippen molar-refractivity contribution in [1.29, 1.82) is 0 Å². The topological polar surface area (TPSA) is 55.4 Å². The monoisotopic (exact) mass is 169 g/mol. The van der Waals surface area contributed by atoms with Gasteiger partial charge in [0.2, 0.25) is 5.91 Å². The van der Waals surface area contributed by atoms with Gasteiger partial charge in [-0.25, -0.2) is 4.79 Å². The maximum absolute atomic E-state index is 10.7. The van der Waals surface area contributed by atoms with Crippen molar-refractivity contribution in [1.82, 2.24) is 5.48 Å². The van der Waals surface area contributed by atoms with Crippen molar-refractivity contribution in [2.45, 2.75) is 26.7 Å². The van der Waals surface area contributed by atoms with Crippen LogP contribution in [0.25, 0.3) is 0 Å². The summed E-state index contributed by atoms with van der Waals surface area (Å²) in [5.74, 6) is 4.47. The second kappa shape index (κ2) is 6.23.